The third-order valence-electron chi connectivity index (χ3n) is 5.10. The van der Waals surface area contributed by atoms with E-state index in [0.29, 0.717) is 27.4 Å². The van der Waals surface area contributed by atoms with E-state index in [1.807, 2.05) is 0 Å². The van der Waals surface area contributed by atoms with Gasteiger partial charge in [-0.2, -0.15) is 5.10 Å². The number of benzene rings is 2. The summed E-state index contributed by atoms with van der Waals surface area (Å²) in [4.78, 5) is 28.5. The Morgan fingerprint density at radius 2 is 1.69 bits per heavy atom. The van der Waals surface area contributed by atoms with E-state index in [9.17, 15) is 14.0 Å². The number of hydrogen-bond donors (Lipinski definition) is 3. The number of anilines is 4. The Hall–Kier alpha value is -4.71. The molecule has 0 unspecified atom stereocenters. The fraction of sp³-hybridized carbons (Fsp3) is 0.0833. The number of fused-ring (bicyclic) bond motifs is 1. The molecule has 180 valence electrons. The van der Waals surface area contributed by atoms with Crippen LogP contribution in [-0.2, 0) is 11.3 Å². The van der Waals surface area contributed by atoms with Crippen molar-refractivity contribution in [3.63, 3.8) is 0 Å². The summed E-state index contributed by atoms with van der Waals surface area (Å²) in [5.41, 5.74) is 2.46. The third kappa shape index (κ3) is 5.03. The predicted molar refractivity (Wildman–Crippen MR) is 135 cm³/mol. The van der Waals surface area contributed by atoms with Crippen molar-refractivity contribution in [3.8, 4) is 0 Å². The number of nitrogens with zero attached hydrogens (tertiary/aromatic N) is 5. The molecule has 12 heteroatoms. The van der Waals surface area contributed by atoms with Crippen LogP contribution in [0.25, 0.3) is 11.0 Å². The highest BCUT2D eigenvalue weighted by molar-refractivity contribution is 7.19. The van der Waals surface area contributed by atoms with Crippen molar-refractivity contribution >= 4 is 55.8 Å². The molecule has 0 bridgehead atoms. The van der Waals surface area contributed by atoms with Gasteiger partial charge in [0.25, 0.3) is 5.91 Å². The molecule has 10 nitrogen and oxygen atoms in total. The quantitative estimate of drug-likeness (QED) is 0.301. The molecule has 0 aliphatic carbocycles. The summed E-state index contributed by atoms with van der Waals surface area (Å²) in [5, 5.41) is 22.3. The summed E-state index contributed by atoms with van der Waals surface area (Å²) in [6, 6.07) is 16.9. The van der Waals surface area contributed by atoms with E-state index in [4.69, 9.17) is 0 Å². The number of rotatable bonds is 7. The lowest BCUT2D eigenvalue weighted by atomic mass is 10.2. The van der Waals surface area contributed by atoms with E-state index in [-0.39, 0.29) is 29.1 Å². The predicted octanol–water partition coefficient (Wildman–Crippen LogP) is 4.42. The molecule has 0 fully saturated rings. The van der Waals surface area contributed by atoms with Crippen LogP contribution in [-0.4, -0.2) is 36.8 Å². The highest BCUT2D eigenvalue weighted by Gasteiger charge is 2.20. The minimum atomic E-state index is -0.484. The van der Waals surface area contributed by atoms with Crippen molar-refractivity contribution in [1.82, 2.24) is 25.0 Å². The first-order chi connectivity index (χ1) is 17.5. The van der Waals surface area contributed by atoms with Gasteiger partial charge in [0, 0.05) is 30.1 Å². The monoisotopic (exact) mass is 502 g/mol. The maximum atomic E-state index is 14.2. The maximum Gasteiger partial charge on any atom is 0.278 e. The van der Waals surface area contributed by atoms with E-state index in [1.165, 1.54) is 17.7 Å². The summed E-state index contributed by atoms with van der Waals surface area (Å²) in [6.45, 7) is 1.57. The van der Waals surface area contributed by atoms with Crippen molar-refractivity contribution < 1.29 is 14.0 Å². The molecule has 2 amide bonds. The summed E-state index contributed by atoms with van der Waals surface area (Å²) in [7, 11) is 0. The second kappa shape index (κ2) is 9.88. The van der Waals surface area contributed by atoms with Crippen LogP contribution in [0.3, 0.4) is 0 Å². The minimum absolute atomic E-state index is 0.126. The molecule has 3 aromatic heterocycles. The van der Waals surface area contributed by atoms with Crippen molar-refractivity contribution in [1.29, 1.82) is 0 Å². The van der Waals surface area contributed by atoms with Crippen LogP contribution < -0.4 is 16.0 Å². The lowest BCUT2D eigenvalue weighted by Gasteiger charge is -2.04. The summed E-state index contributed by atoms with van der Waals surface area (Å²) < 4.78 is 15.7. The van der Waals surface area contributed by atoms with Crippen LogP contribution in [0.15, 0.2) is 66.9 Å². The van der Waals surface area contributed by atoms with Gasteiger partial charge in [0.05, 0.1) is 11.9 Å². The molecule has 3 N–H and O–H groups in total. The fourth-order valence-electron chi connectivity index (χ4n) is 3.52. The van der Waals surface area contributed by atoms with Crippen LogP contribution in [0, 0.1) is 5.82 Å². The molecule has 0 atom stereocenters. The van der Waals surface area contributed by atoms with E-state index in [2.05, 4.69) is 36.2 Å². The van der Waals surface area contributed by atoms with Gasteiger partial charge in [0.15, 0.2) is 11.3 Å². The molecule has 5 rings (SSSR count). The Morgan fingerprint density at radius 3 is 2.47 bits per heavy atom. The van der Waals surface area contributed by atoms with Gasteiger partial charge in [-0.25, -0.2) is 14.1 Å². The summed E-state index contributed by atoms with van der Waals surface area (Å²) in [5.74, 6) is -0.995. The molecule has 2 aromatic carbocycles. The lowest BCUT2D eigenvalue weighted by Crippen LogP contribution is -2.14. The van der Waals surface area contributed by atoms with Gasteiger partial charge in [-0.1, -0.05) is 29.5 Å². The zero-order chi connectivity index (χ0) is 25.1. The van der Waals surface area contributed by atoms with Crippen LogP contribution in [0.1, 0.15) is 23.0 Å². The zero-order valence-electron chi connectivity index (χ0n) is 18.9. The molecule has 0 saturated heterocycles. The Morgan fingerprint density at radius 1 is 0.944 bits per heavy atom. The molecular weight excluding hydrogens is 483 g/mol. The minimum Gasteiger partial charge on any atom is -0.330 e. The number of nitrogens with one attached hydrogen (secondary N) is 3. The average Bonchev–Trinajstić information content (AvgIpc) is 3.46. The normalized spacial score (nSPS) is 10.8. The van der Waals surface area contributed by atoms with Crippen molar-refractivity contribution in [3.05, 3.63) is 83.9 Å². The largest absolute Gasteiger partial charge is 0.330 e. The first-order valence-electron chi connectivity index (χ1n) is 10.8. The number of carbonyl (C=O) groups is 2. The van der Waals surface area contributed by atoms with Crippen molar-refractivity contribution in [2.75, 3.05) is 16.0 Å². The Bertz CT molecular complexity index is 1560. The molecular formula is C24H19FN8O2S. The first kappa shape index (κ1) is 23.1. The van der Waals surface area contributed by atoms with E-state index in [0.717, 1.165) is 17.0 Å². The van der Waals surface area contributed by atoms with Crippen LogP contribution >= 0.6 is 11.3 Å². The Balaban J connectivity index is 1.32. The molecule has 5 aromatic rings. The van der Waals surface area contributed by atoms with Gasteiger partial charge in [-0.05, 0) is 42.5 Å². The van der Waals surface area contributed by atoms with E-state index < -0.39 is 5.91 Å². The highest BCUT2D eigenvalue weighted by atomic mass is 32.1. The zero-order valence-corrected chi connectivity index (χ0v) is 19.7. The van der Waals surface area contributed by atoms with E-state index >= 15 is 0 Å². The van der Waals surface area contributed by atoms with Crippen molar-refractivity contribution in [2.24, 2.45) is 0 Å². The van der Waals surface area contributed by atoms with Gasteiger partial charge >= 0.3 is 0 Å². The van der Waals surface area contributed by atoms with Crippen LogP contribution in [0.2, 0.25) is 0 Å². The second-order valence-electron chi connectivity index (χ2n) is 7.72. The van der Waals surface area contributed by atoms with E-state index in [1.54, 1.807) is 60.8 Å². The molecule has 36 heavy (non-hydrogen) atoms. The summed E-state index contributed by atoms with van der Waals surface area (Å²) in [6.07, 6.45) is 1.59. The molecule has 0 spiro atoms. The van der Waals surface area contributed by atoms with Gasteiger partial charge in [-0.15, -0.1) is 10.2 Å². The number of amides is 2. The number of hydrogen-bond acceptors (Lipinski definition) is 8. The van der Waals surface area contributed by atoms with Crippen molar-refractivity contribution in [2.45, 2.75) is 13.5 Å². The molecule has 0 aliphatic heterocycles. The van der Waals surface area contributed by atoms with Crippen LogP contribution in [0.5, 0.6) is 0 Å². The standard InChI is InChI=1S/C24H19FN8O2S/c1-14(34)27-16-8-10-17(11-9-16)28-23-30-31-24(36-23)29-22(35)20-18-6-4-12-26-21(18)33(32-20)13-15-5-2-3-7-19(15)25/h2-12H,13H2,1H3,(H,27,34)(H,28,30)(H,29,31,35). The summed E-state index contributed by atoms with van der Waals surface area (Å²) >= 11 is 1.15. The van der Waals surface area contributed by atoms with Gasteiger partial charge in [0.1, 0.15) is 5.82 Å². The second-order valence-corrected chi connectivity index (χ2v) is 8.70. The number of aromatic nitrogens is 5. The third-order valence-corrected chi connectivity index (χ3v) is 5.86. The molecule has 0 aliphatic rings. The number of halogens is 1. The van der Waals surface area contributed by atoms with Crippen LogP contribution in [0.4, 0.5) is 26.0 Å². The average molecular weight is 503 g/mol. The fourth-order valence-corrected chi connectivity index (χ4v) is 4.18. The Labute approximate surface area is 208 Å². The van der Waals surface area contributed by atoms with Gasteiger partial charge < -0.3 is 10.6 Å². The maximum absolute atomic E-state index is 14.2. The SMILES string of the molecule is CC(=O)Nc1ccc(Nc2nnc(NC(=O)c3nn(Cc4ccccc4F)c4ncccc34)s2)cc1. The topological polar surface area (TPSA) is 127 Å². The molecule has 0 saturated carbocycles. The number of carbonyl (C=O) groups excluding carboxylic acids is 2. The van der Waals surface area contributed by atoms with Gasteiger partial charge in [0.2, 0.25) is 16.2 Å². The highest BCUT2D eigenvalue weighted by Crippen LogP contribution is 2.26. The smallest absolute Gasteiger partial charge is 0.278 e. The first-order valence-corrected chi connectivity index (χ1v) is 11.6. The number of pyridine rings is 1. The lowest BCUT2D eigenvalue weighted by molar-refractivity contribution is -0.114. The Kier molecular flexibility index (Phi) is 6.33. The van der Waals surface area contributed by atoms with Gasteiger partial charge in [-0.3, -0.25) is 14.9 Å². The molecule has 3 heterocycles. The molecule has 0 radical (unpaired) electrons.